The molecule has 0 fully saturated rings. The Balaban J connectivity index is 2.56. The average Bonchev–Trinajstić information content (AvgIpc) is 2.17. The van der Waals surface area contributed by atoms with Crippen LogP contribution in [0.2, 0.25) is 0 Å². The molecule has 0 unspecified atom stereocenters. The molecule has 5 heteroatoms. The Morgan fingerprint density at radius 3 is 2.53 bits per heavy atom. The number of ether oxygens (including phenoxy) is 2. The second kappa shape index (κ2) is 4.95. The van der Waals surface area contributed by atoms with Gasteiger partial charge in [-0.2, -0.15) is 0 Å². The summed E-state index contributed by atoms with van der Waals surface area (Å²) in [6.07, 6.45) is 0. The Bertz CT molecular complexity index is 406. The van der Waals surface area contributed by atoms with E-state index in [1.807, 2.05) is 0 Å². The lowest BCUT2D eigenvalue weighted by Gasteiger charge is -2.19. The molecule has 0 aliphatic rings. The Labute approximate surface area is 99.6 Å². The molecule has 94 valence electrons. The van der Waals surface area contributed by atoms with Crippen LogP contribution in [0.25, 0.3) is 0 Å². The average molecular weight is 240 g/mol. The first-order chi connectivity index (χ1) is 7.78. The maximum atomic E-state index is 11.3. The van der Waals surface area contributed by atoms with Crippen molar-refractivity contribution in [2.24, 2.45) is 0 Å². The molecule has 0 aromatic heterocycles. The fraction of sp³-hybridized carbons (Fsp3) is 0.417. The molecule has 0 amide bonds. The zero-order chi connectivity index (χ0) is 13.1. The highest BCUT2D eigenvalue weighted by Crippen LogP contribution is 2.29. The van der Waals surface area contributed by atoms with Crippen LogP contribution in [-0.2, 0) is 9.53 Å². The van der Waals surface area contributed by atoms with E-state index in [4.69, 9.17) is 9.47 Å². The number of carbonyl (C=O) groups is 1. The van der Waals surface area contributed by atoms with Gasteiger partial charge < -0.3 is 19.7 Å². The minimum atomic E-state index is -0.582. The van der Waals surface area contributed by atoms with Crippen LogP contribution < -0.4 is 4.74 Å². The van der Waals surface area contributed by atoms with Crippen molar-refractivity contribution in [1.29, 1.82) is 0 Å². The summed E-state index contributed by atoms with van der Waals surface area (Å²) in [5, 5.41) is 18.6. The third kappa shape index (κ3) is 4.63. The van der Waals surface area contributed by atoms with Gasteiger partial charge in [0.2, 0.25) is 0 Å². The van der Waals surface area contributed by atoms with Crippen LogP contribution in [0.4, 0.5) is 0 Å². The van der Waals surface area contributed by atoms with Crippen LogP contribution in [0.1, 0.15) is 20.8 Å². The van der Waals surface area contributed by atoms with Crippen LogP contribution in [0.3, 0.4) is 0 Å². The van der Waals surface area contributed by atoms with Crippen molar-refractivity contribution in [3.05, 3.63) is 18.2 Å². The number of hydrogen-bond acceptors (Lipinski definition) is 5. The lowest BCUT2D eigenvalue weighted by Crippen LogP contribution is -2.27. The van der Waals surface area contributed by atoms with Gasteiger partial charge in [-0.3, -0.25) is 0 Å². The van der Waals surface area contributed by atoms with E-state index in [0.29, 0.717) is 0 Å². The van der Waals surface area contributed by atoms with Gasteiger partial charge in [0.15, 0.2) is 18.1 Å². The van der Waals surface area contributed by atoms with Crippen molar-refractivity contribution in [2.75, 3.05) is 6.61 Å². The van der Waals surface area contributed by atoms with Gasteiger partial charge in [0.25, 0.3) is 0 Å². The summed E-state index contributed by atoms with van der Waals surface area (Å²) in [5.74, 6) is -0.704. The molecule has 2 N–H and O–H groups in total. The van der Waals surface area contributed by atoms with E-state index in [2.05, 4.69) is 0 Å². The molecule has 0 saturated carbocycles. The number of benzene rings is 1. The number of rotatable bonds is 3. The van der Waals surface area contributed by atoms with Crippen molar-refractivity contribution in [2.45, 2.75) is 26.4 Å². The lowest BCUT2D eigenvalue weighted by molar-refractivity contribution is -0.157. The molecule has 0 radical (unpaired) electrons. The van der Waals surface area contributed by atoms with E-state index in [0.717, 1.165) is 0 Å². The van der Waals surface area contributed by atoms with Crippen LogP contribution in [0.15, 0.2) is 18.2 Å². The molecule has 5 nitrogen and oxygen atoms in total. The minimum Gasteiger partial charge on any atom is -0.508 e. The number of esters is 1. The molecule has 0 spiro atoms. The summed E-state index contributed by atoms with van der Waals surface area (Å²) in [6.45, 7) is 4.92. The standard InChI is InChI=1S/C12H16O5/c1-12(2,3)17-11(15)7-16-10-6-8(13)4-5-9(10)14/h4-6,13-14H,7H2,1-3H3. The number of phenols is 2. The summed E-state index contributed by atoms with van der Waals surface area (Å²) in [6, 6.07) is 3.81. The van der Waals surface area contributed by atoms with Gasteiger partial charge in [0.1, 0.15) is 11.4 Å². The predicted octanol–water partition coefficient (Wildman–Crippen LogP) is 1.82. The molecule has 0 atom stereocenters. The number of phenolic OH excluding ortho intramolecular Hbond substituents is 2. The fourth-order valence-corrected chi connectivity index (χ4v) is 1.13. The normalized spacial score (nSPS) is 11.0. The van der Waals surface area contributed by atoms with E-state index in [9.17, 15) is 15.0 Å². The van der Waals surface area contributed by atoms with Gasteiger partial charge >= 0.3 is 5.97 Å². The molecule has 1 aromatic rings. The van der Waals surface area contributed by atoms with E-state index < -0.39 is 11.6 Å². The summed E-state index contributed by atoms with van der Waals surface area (Å²) < 4.78 is 10.1. The molecular formula is C12H16O5. The van der Waals surface area contributed by atoms with E-state index in [1.54, 1.807) is 20.8 Å². The lowest BCUT2D eigenvalue weighted by atomic mass is 10.2. The Morgan fingerprint density at radius 2 is 1.94 bits per heavy atom. The summed E-state index contributed by atoms with van der Waals surface area (Å²) in [7, 11) is 0. The highest BCUT2D eigenvalue weighted by molar-refractivity contribution is 5.71. The maximum Gasteiger partial charge on any atom is 0.344 e. The Morgan fingerprint density at radius 1 is 1.29 bits per heavy atom. The quantitative estimate of drug-likeness (QED) is 0.622. The van der Waals surface area contributed by atoms with Crippen LogP contribution in [0.5, 0.6) is 17.2 Å². The van der Waals surface area contributed by atoms with Crippen molar-refractivity contribution in [1.82, 2.24) is 0 Å². The van der Waals surface area contributed by atoms with Gasteiger partial charge in [-0.15, -0.1) is 0 Å². The third-order valence-electron chi connectivity index (χ3n) is 1.71. The van der Waals surface area contributed by atoms with Gasteiger partial charge in [0.05, 0.1) is 0 Å². The smallest absolute Gasteiger partial charge is 0.344 e. The van der Waals surface area contributed by atoms with Crippen molar-refractivity contribution >= 4 is 5.97 Å². The van der Waals surface area contributed by atoms with Crippen molar-refractivity contribution in [3.63, 3.8) is 0 Å². The summed E-state index contributed by atoms with van der Waals surface area (Å²) in [5.41, 5.74) is -0.582. The molecule has 0 heterocycles. The summed E-state index contributed by atoms with van der Waals surface area (Å²) in [4.78, 5) is 11.3. The molecule has 0 bridgehead atoms. The second-order valence-electron chi connectivity index (χ2n) is 4.53. The molecule has 0 saturated heterocycles. The first kappa shape index (κ1) is 13.2. The predicted molar refractivity (Wildman–Crippen MR) is 61.1 cm³/mol. The first-order valence-electron chi connectivity index (χ1n) is 5.14. The third-order valence-corrected chi connectivity index (χ3v) is 1.71. The van der Waals surface area contributed by atoms with Crippen molar-refractivity contribution in [3.8, 4) is 17.2 Å². The van der Waals surface area contributed by atoms with E-state index in [1.165, 1.54) is 18.2 Å². The van der Waals surface area contributed by atoms with Crippen LogP contribution in [0, 0.1) is 0 Å². The number of carbonyl (C=O) groups excluding carboxylic acids is 1. The highest BCUT2D eigenvalue weighted by Gasteiger charge is 2.17. The first-order valence-corrected chi connectivity index (χ1v) is 5.14. The largest absolute Gasteiger partial charge is 0.508 e. The number of aromatic hydroxyl groups is 2. The van der Waals surface area contributed by atoms with Crippen LogP contribution in [-0.4, -0.2) is 28.4 Å². The molecule has 0 aliphatic heterocycles. The molecule has 1 rings (SSSR count). The fourth-order valence-electron chi connectivity index (χ4n) is 1.13. The van der Waals surface area contributed by atoms with E-state index >= 15 is 0 Å². The van der Waals surface area contributed by atoms with Crippen molar-refractivity contribution < 1.29 is 24.5 Å². The molecular weight excluding hydrogens is 224 g/mol. The topological polar surface area (TPSA) is 76.0 Å². The monoisotopic (exact) mass is 240 g/mol. The SMILES string of the molecule is CC(C)(C)OC(=O)COc1cc(O)ccc1O. The Kier molecular flexibility index (Phi) is 3.83. The molecule has 1 aromatic carbocycles. The van der Waals surface area contributed by atoms with Gasteiger partial charge in [-0.05, 0) is 32.9 Å². The highest BCUT2D eigenvalue weighted by atomic mass is 16.6. The van der Waals surface area contributed by atoms with Gasteiger partial charge in [0, 0.05) is 6.07 Å². The number of hydrogen-bond donors (Lipinski definition) is 2. The minimum absolute atomic E-state index is 0.0378. The molecule has 0 aliphatic carbocycles. The molecule has 17 heavy (non-hydrogen) atoms. The zero-order valence-corrected chi connectivity index (χ0v) is 10.1. The van der Waals surface area contributed by atoms with Crippen LogP contribution >= 0.6 is 0 Å². The maximum absolute atomic E-state index is 11.3. The zero-order valence-electron chi connectivity index (χ0n) is 10.1. The summed E-state index contributed by atoms with van der Waals surface area (Å²) >= 11 is 0. The van der Waals surface area contributed by atoms with E-state index in [-0.39, 0.29) is 23.9 Å². The Hall–Kier alpha value is -1.91. The second-order valence-corrected chi connectivity index (χ2v) is 4.53. The van der Waals surface area contributed by atoms with Gasteiger partial charge in [-0.25, -0.2) is 4.79 Å². The van der Waals surface area contributed by atoms with Gasteiger partial charge in [-0.1, -0.05) is 0 Å².